The smallest absolute Gasteiger partial charge is 0.472 e. The highest BCUT2D eigenvalue weighted by molar-refractivity contribution is 7.47. The number of ether oxygens (including phenoxy) is 2. The number of carboxylic acids is 1. The number of carbonyl (C=O) groups excluding carboxylic acids is 1. The van der Waals surface area contributed by atoms with Gasteiger partial charge in [0.2, 0.25) is 0 Å². The summed E-state index contributed by atoms with van der Waals surface area (Å²) in [5, 5.41) is 8.89. The average molecular weight is 816 g/mol. The van der Waals surface area contributed by atoms with E-state index >= 15 is 0 Å². The number of rotatable bonds is 44. The van der Waals surface area contributed by atoms with Crippen LogP contribution in [0.4, 0.5) is 0 Å². The Balaban J connectivity index is 4.05. The van der Waals surface area contributed by atoms with E-state index < -0.39 is 45.1 Å². The molecule has 0 bridgehead atoms. The first-order valence-electron chi connectivity index (χ1n) is 22.9. The maximum absolute atomic E-state index is 12.6. The normalized spacial score (nSPS) is 14.1. The van der Waals surface area contributed by atoms with E-state index in [-0.39, 0.29) is 13.0 Å². The fourth-order valence-electron chi connectivity index (χ4n) is 6.40. The minimum absolute atomic E-state index is 0.0199. The van der Waals surface area contributed by atoms with Crippen molar-refractivity contribution >= 4 is 19.8 Å². The number of hydrogen-bond acceptors (Lipinski definition) is 8. The molecule has 56 heavy (non-hydrogen) atoms. The number of aliphatic carboxylic acids is 1. The van der Waals surface area contributed by atoms with E-state index in [0.717, 1.165) is 38.5 Å². The molecule has 0 radical (unpaired) electrons. The van der Waals surface area contributed by atoms with E-state index in [1.54, 1.807) is 0 Å². The van der Waals surface area contributed by atoms with Crippen LogP contribution >= 0.6 is 7.82 Å². The Morgan fingerprint density at radius 2 is 0.982 bits per heavy atom. The first-order chi connectivity index (χ1) is 27.2. The van der Waals surface area contributed by atoms with Gasteiger partial charge in [-0.25, -0.2) is 4.57 Å². The lowest BCUT2D eigenvalue weighted by molar-refractivity contribution is -0.154. The minimum Gasteiger partial charge on any atom is -0.480 e. The Morgan fingerprint density at radius 3 is 1.45 bits per heavy atom. The molecule has 0 saturated heterocycles. The molecule has 0 rings (SSSR count). The van der Waals surface area contributed by atoms with Crippen LogP contribution in [0, 0.1) is 0 Å². The zero-order valence-corrected chi connectivity index (χ0v) is 36.9. The van der Waals surface area contributed by atoms with Crippen LogP contribution in [0.1, 0.15) is 213 Å². The maximum Gasteiger partial charge on any atom is 0.472 e. The number of hydrogen-bond donors (Lipinski definition) is 3. The number of esters is 1. The molecule has 0 aliphatic heterocycles. The standard InChI is InChI=1S/C45H86NO9P/c1-3-5-7-9-11-13-15-16-17-18-19-20-21-22-23-24-25-26-27-28-30-32-34-36-38-52-39-42(40-53-56(50,51)54-41-43(46)45(48)49)55-44(47)37-35-33-31-29-14-12-10-8-6-4-2/h15-16,18-19,42-43H,3-14,17,20-41,46H2,1-2H3,(H,48,49)(H,50,51)/b16-15-,19-18-. The second-order valence-corrected chi connectivity index (χ2v) is 17.0. The molecule has 10 nitrogen and oxygen atoms in total. The van der Waals surface area contributed by atoms with Crippen molar-refractivity contribution in [3.05, 3.63) is 24.3 Å². The zero-order chi connectivity index (χ0) is 41.2. The average Bonchev–Trinajstić information content (AvgIpc) is 3.18. The topological polar surface area (TPSA) is 155 Å². The SMILES string of the molecule is CCCCCCC/C=C\C/C=C\CCCCCCCCCCCCCCOCC(COP(=O)(O)OCC(N)C(=O)O)OC(=O)CCCCCCCCCCCC. The van der Waals surface area contributed by atoms with Gasteiger partial charge >= 0.3 is 19.8 Å². The van der Waals surface area contributed by atoms with Gasteiger partial charge in [-0.1, -0.05) is 186 Å². The molecule has 4 N–H and O–H groups in total. The van der Waals surface area contributed by atoms with Crippen molar-refractivity contribution in [2.24, 2.45) is 5.73 Å². The summed E-state index contributed by atoms with van der Waals surface area (Å²) in [6, 6.07) is -1.47. The van der Waals surface area contributed by atoms with Crippen molar-refractivity contribution < 1.29 is 42.7 Å². The molecule has 3 unspecified atom stereocenters. The number of phosphoric ester groups is 1. The van der Waals surface area contributed by atoms with Crippen LogP contribution in [0.5, 0.6) is 0 Å². The van der Waals surface area contributed by atoms with E-state index in [0.29, 0.717) is 13.0 Å². The molecular formula is C45H86NO9P. The van der Waals surface area contributed by atoms with E-state index in [2.05, 4.69) is 38.2 Å². The molecule has 0 fully saturated rings. The van der Waals surface area contributed by atoms with Crippen molar-refractivity contribution in [1.29, 1.82) is 0 Å². The summed E-state index contributed by atoms with van der Waals surface area (Å²) in [6.07, 6.45) is 45.3. The summed E-state index contributed by atoms with van der Waals surface area (Å²) in [5.41, 5.74) is 5.35. The lowest BCUT2D eigenvalue weighted by Crippen LogP contribution is -2.34. The first-order valence-corrected chi connectivity index (χ1v) is 24.4. The predicted octanol–water partition coefficient (Wildman–Crippen LogP) is 12.7. The fraction of sp³-hybridized carbons (Fsp3) is 0.867. The molecule has 0 heterocycles. The van der Waals surface area contributed by atoms with Gasteiger partial charge in [-0.05, 0) is 44.9 Å². The summed E-state index contributed by atoms with van der Waals surface area (Å²) in [6.45, 7) is 3.87. The molecule has 0 aromatic rings. The quantitative estimate of drug-likeness (QED) is 0.0234. The molecular weight excluding hydrogens is 729 g/mol. The van der Waals surface area contributed by atoms with Crippen molar-refractivity contribution in [3.63, 3.8) is 0 Å². The minimum atomic E-state index is -4.61. The maximum atomic E-state index is 12.6. The van der Waals surface area contributed by atoms with Crippen molar-refractivity contribution in [2.45, 2.75) is 225 Å². The second kappa shape index (κ2) is 41.6. The van der Waals surface area contributed by atoms with Gasteiger partial charge in [-0.15, -0.1) is 0 Å². The van der Waals surface area contributed by atoms with Gasteiger partial charge in [0.15, 0.2) is 0 Å². The molecule has 0 aliphatic rings. The summed E-state index contributed by atoms with van der Waals surface area (Å²) < 4.78 is 33.3. The Bertz CT molecular complexity index is 993. The summed E-state index contributed by atoms with van der Waals surface area (Å²) in [7, 11) is -4.61. The second-order valence-electron chi connectivity index (χ2n) is 15.5. The molecule has 3 atom stereocenters. The fourth-order valence-corrected chi connectivity index (χ4v) is 7.18. The number of carboxylic acid groups (broad SMARTS) is 1. The highest BCUT2D eigenvalue weighted by Crippen LogP contribution is 2.43. The zero-order valence-electron chi connectivity index (χ0n) is 36.0. The number of unbranched alkanes of at least 4 members (excludes halogenated alkanes) is 26. The molecule has 0 aromatic carbocycles. The van der Waals surface area contributed by atoms with Crippen LogP contribution in [0.3, 0.4) is 0 Å². The van der Waals surface area contributed by atoms with E-state index in [1.165, 1.54) is 148 Å². The number of carbonyl (C=O) groups is 2. The third kappa shape index (κ3) is 40.6. The van der Waals surface area contributed by atoms with E-state index in [9.17, 15) is 19.0 Å². The summed E-state index contributed by atoms with van der Waals surface area (Å²) >= 11 is 0. The molecule has 11 heteroatoms. The predicted molar refractivity (Wildman–Crippen MR) is 231 cm³/mol. The van der Waals surface area contributed by atoms with Crippen LogP contribution in [-0.2, 0) is 32.7 Å². The van der Waals surface area contributed by atoms with Crippen molar-refractivity contribution in [1.82, 2.24) is 0 Å². The lowest BCUT2D eigenvalue weighted by Gasteiger charge is -2.20. The van der Waals surface area contributed by atoms with Crippen LogP contribution in [-0.4, -0.2) is 60.5 Å². The molecule has 0 saturated carbocycles. The van der Waals surface area contributed by atoms with Gasteiger partial charge in [0.25, 0.3) is 0 Å². The van der Waals surface area contributed by atoms with Gasteiger partial charge in [0.1, 0.15) is 12.1 Å². The van der Waals surface area contributed by atoms with Crippen molar-refractivity contribution in [2.75, 3.05) is 26.4 Å². The summed E-state index contributed by atoms with van der Waals surface area (Å²) in [4.78, 5) is 33.4. The third-order valence-corrected chi connectivity index (χ3v) is 10.9. The van der Waals surface area contributed by atoms with Crippen molar-refractivity contribution in [3.8, 4) is 0 Å². The first kappa shape index (κ1) is 54.5. The Morgan fingerprint density at radius 1 is 0.571 bits per heavy atom. The Kier molecular flexibility index (Phi) is 40.5. The molecule has 0 aromatic heterocycles. The molecule has 330 valence electrons. The van der Waals surface area contributed by atoms with Crippen LogP contribution in [0.15, 0.2) is 24.3 Å². The Hall–Kier alpha value is -1.55. The van der Waals surface area contributed by atoms with E-state index in [1.807, 2.05) is 0 Å². The molecule has 0 spiro atoms. The highest BCUT2D eigenvalue weighted by atomic mass is 31.2. The molecule has 0 amide bonds. The Labute approximate surface area is 343 Å². The van der Waals surface area contributed by atoms with Gasteiger partial charge in [-0.2, -0.15) is 0 Å². The van der Waals surface area contributed by atoms with E-state index in [4.69, 9.17) is 29.4 Å². The number of allylic oxidation sites excluding steroid dienone is 4. The van der Waals surface area contributed by atoms with Crippen LogP contribution in [0.2, 0.25) is 0 Å². The third-order valence-electron chi connectivity index (χ3n) is 9.98. The van der Waals surface area contributed by atoms with Crippen LogP contribution < -0.4 is 5.73 Å². The van der Waals surface area contributed by atoms with Gasteiger partial charge < -0.3 is 25.2 Å². The highest BCUT2D eigenvalue weighted by Gasteiger charge is 2.27. The number of phosphoric acid groups is 1. The summed E-state index contributed by atoms with van der Waals surface area (Å²) in [5.74, 6) is -1.77. The van der Waals surface area contributed by atoms with Gasteiger partial charge in [-0.3, -0.25) is 18.6 Å². The largest absolute Gasteiger partial charge is 0.480 e. The molecule has 0 aliphatic carbocycles. The lowest BCUT2D eigenvalue weighted by atomic mass is 10.0. The number of nitrogens with two attached hydrogens (primary N) is 1. The van der Waals surface area contributed by atoms with Gasteiger partial charge in [0.05, 0.1) is 19.8 Å². The van der Waals surface area contributed by atoms with Gasteiger partial charge in [0, 0.05) is 13.0 Å². The monoisotopic (exact) mass is 816 g/mol. The van der Waals surface area contributed by atoms with Crippen LogP contribution in [0.25, 0.3) is 0 Å².